The van der Waals surface area contributed by atoms with Crippen LogP contribution in [0.4, 0.5) is 11.4 Å². The largest absolute Gasteiger partial charge is 0.383 e. The van der Waals surface area contributed by atoms with E-state index in [1.807, 2.05) is 12.1 Å². The zero-order valence-corrected chi connectivity index (χ0v) is 26.9. The zero-order valence-electron chi connectivity index (χ0n) is 26.2. The number of nitrogens with one attached hydrogen (secondary N) is 4. The number of hydrazine groups is 2. The van der Waals surface area contributed by atoms with E-state index in [4.69, 9.17) is 11.6 Å². The first kappa shape index (κ1) is 30.5. The van der Waals surface area contributed by atoms with Gasteiger partial charge in [0.15, 0.2) is 0 Å². The lowest BCUT2D eigenvalue weighted by Crippen LogP contribution is -2.52. The van der Waals surface area contributed by atoms with Gasteiger partial charge in [0.2, 0.25) is 0 Å². The van der Waals surface area contributed by atoms with Crippen molar-refractivity contribution in [2.75, 3.05) is 30.3 Å². The predicted octanol–water partition coefficient (Wildman–Crippen LogP) is 7.33. The van der Waals surface area contributed by atoms with E-state index in [-0.39, 0.29) is 11.6 Å². The van der Waals surface area contributed by atoms with Gasteiger partial charge in [-0.3, -0.25) is 14.9 Å². The first-order valence-electron chi connectivity index (χ1n) is 16.1. The molecule has 4 N–H and O–H groups in total. The molecule has 2 aromatic carbocycles. The second-order valence-corrected chi connectivity index (χ2v) is 13.9. The smallest absolute Gasteiger partial charge is 0.103 e. The highest BCUT2D eigenvalue weighted by Crippen LogP contribution is 2.37. The number of fused-ring (bicyclic) bond motifs is 1. The first-order valence-corrected chi connectivity index (χ1v) is 16.5. The topological polar surface area (TPSA) is 91.3 Å². The Bertz CT molecular complexity index is 1510. The van der Waals surface area contributed by atoms with Gasteiger partial charge in [0.25, 0.3) is 0 Å². The quantitative estimate of drug-likeness (QED) is 0.210. The number of hydrogen-bond acceptors (Lipinski definition) is 8. The Balaban J connectivity index is 1.27. The molecule has 1 aromatic heterocycles. The number of rotatable bonds is 8. The van der Waals surface area contributed by atoms with Crippen LogP contribution in [0.3, 0.4) is 0 Å². The van der Waals surface area contributed by atoms with Gasteiger partial charge in [-0.05, 0) is 70.1 Å². The normalized spacial score (nSPS) is 19.3. The molecule has 0 bridgehead atoms. The van der Waals surface area contributed by atoms with Crippen LogP contribution in [0, 0.1) is 17.2 Å². The van der Waals surface area contributed by atoms with E-state index < -0.39 is 0 Å². The fourth-order valence-electron chi connectivity index (χ4n) is 6.91. The molecule has 6 rings (SSSR count). The number of anilines is 2. The Morgan fingerprint density at radius 3 is 2.52 bits per heavy atom. The Hall–Kier alpha value is -3.51. The van der Waals surface area contributed by atoms with Gasteiger partial charge >= 0.3 is 0 Å². The molecule has 1 saturated carbocycles. The van der Waals surface area contributed by atoms with E-state index in [1.54, 1.807) is 6.20 Å². The van der Waals surface area contributed by atoms with Crippen LogP contribution in [0.1, 0.15) is 82.9 Å². The second kappa shape index (κ2) is 13.2. The monoisotopic (exact) mass is 612 g/mol. The third-order valence-corrected chi connectivity index (χ3v) is 9.79. The molecule has 0 unspecified atom stereocenters. The summed E-state index contributed by atoms with van der Waals surface area (Å²) >= 11 is 6.87. The summed E-state index contributed by atoms with van der Waals surface area (Å²) in [4.78, 5) is 7.15. The molecule has 3 aromatic rings. The van der Waals surface area contributed by atoms with Crippen molar-refractivity contribution >= 4 is 33.9 Å². The molecule has 1 aliphatic carbocycles. The molecule has 0 amide bonds. The number of nitriles is 1. The minimum absolute atomic E-state index is 0.150. The summed E-state index contributed by atoms with van der Waals surface area (Å²) in [5.74, 6) is 0.620. The van der Waals surface area contributed by atoms with Gasteiger partial charge in [0.05, 0.1) is 33.5 Å². The van der Waals surface area contributed by atoms with Gasteiger partial charge in [0, 0.05) is 54.7 Å². The summed E-state index contributed by atoms with van der Waals surface area (Å²) in [6.45, 7) is 9.90. The van der Waals surface area contributed by atoms with Crippen molar-refractivity contribution in [2.45, 2.75) is 83.3 Å². The lowest BCUT2D eigenvalue weighted by atomic mass is 9.89. The molecule has 3 aliphatic rings. The molecule has 3 heterocycles. The Labute approximate surface area is 266 Å². The van der Waals surface area contributed by atoms with Gasteiger partial charge in [-0.1, -0.05) is 61.2 Å². The molecule has 1 saturated heterocycles. The van der Waals surface area contributed by atoms with Crippen LogP contribution in [0.15, 0.2) is 60.6 Å². The summed E-state index contributed by atoms with van der Waals surface area (Å²) in [6.07, 6.45) is 12.4. The average Bonchev–Trinajstić information content (AvgIpc) is 3.53. The highest BCUT2D eigenvalue weighted by molar-refractivity contribution is 6.35. The Morgan fingerprint density at radius 1 is 1.07 bits per heavy atom. The van der Waals surface area contributed by atoms with Crippen LogP contribution >= 0.6 is 11.6 Å². The highest BCUT2D eigenvalue weighted by atomic mass is 35.5. The predicted molar refractivity (Wildman–Crippen MR) is 180 cm³/mol. The van der Waals surface area contributed by atoms with E-state index >= 15 is 0 Å². The molecule has 2 fully saturated rings. The van der Waals surface area contributed by atoms with Gasteiger partial charge < -0.3 is 16.1 Å². The van der Waals surface area contributed by atoms with Crippen LogP contribution in [-0.2, 0) is 0 Å². The summed E-state index contributed by atoms with van der Waals surface area (Å²) in [5.41, 5.74) is 12.2. The number of piperidine rings is 1. The summed E-state index contributed by atoms with van der Waals surface area (Å²) in [5, 5.41) is 21.0. The van der Waals surface area contributed by atoms with Crippen molar-refractivity contribution < 1.29 is 0 Å². The SMILES string of the molecule is CC(C)(C)N1CCC(N2C=C([C@@H](Nc3cc(Cl)c4ncc(C#N)c(NCC5CCCCC5)c4c3)c3ccccc3)NN2)CC1. The summed E-state index contributed by atoms with van der Waals surface area (Å²) < 4.78 is 0. The third kappa shape index (κ3) is 6.76. The fourth-order valence-corrected chi connectivity index (χ4v) is 7.18. The standard InChI is InChI=1S/C35H45ClN8/c1-35(2,3)43-16-14-28(15-17-43)44-23-31(41-42-44)33(25-12-8-5-9-13-25)40-27-18-29-32(38-21-24-10-6-4-7-11-24)26(20-37)22-39-34(29)30(36)19-27/h5,8-9,12-13,18-19,22-24,28,33,40-42H,4,6-7,10-11,14-17,21H2,1-3H3,(H,38,39)/t33-/m0/s1. The number of aromatic nitrogens is 1. The second-order valence-electron chi connectivity index (χ2n) is 13.5. The van der Waals surface area contributed by atoms with Crippen molar-refractivity contribution in [1.29, 1.82) is 5.26 Å². The number of nitrogens with zero attached hydrogens (tertiary/aromatic N) is 4. The molecule has 44 heavy (non-hydrogen) atoms. The molecular formula is C35H45ClN8. The lowest BCUT2D eigenvalue weighted by molar-refractivity contribution is 0.0570. The third-order valence-electron chi connectivity index (χ3n) is 9.51. The fraction of sp³-hybridized carbons (Fsp3) is 0.486. The molecule has 2 aliphatic heterocycles. The van der Waals surface area contributed by atoms with Crippen LogP contribution in [0.25, 0.3) is 10.9 Å². The number of benzene rings is 2. The number of halogens is 1. The molecule has 8 nitrogen and oxygen atoms in total. The highest BCUT2D eigenvalue weighted by Gasteiger charge is 2.32. The van der Waals surface area contributed by atoms with E-state index in [0.29, 0.717) is 28.1 Å². The van der Waals surface area contributed by atoms with Gasteiger partial charge in [0.1, 0.15) is 6.07 Å². The van der Waals surface area contributed by atoms with E-state index in [9.17, 15) is 5.26 Å². The van der Waals surface area contributed by atoms with E-state index in [0.717, 1.165) is 60.5 Å². The van der Waals surface area contributed by atoms with Crippen molar-refractivity contribution in [1.82, 2.24) is 25.9 Å². The minimum atomic E-state index is -0.150. The average molecular weight is 613 g/mol. The number of pyridine rings is 1. The molecule has 0 radical (unpaired) electrons. The lowest BCUT2D eigenvalue weighted by Gasteiger charge is -2.42. The summed E-state index contributed by atoms with van der Waals surface area (Å²) in [7, 11) is 0. The molecular weight excluding hydrogens is 568 g/mol. The van der Waals surface area contributed by atoms with Crippen molar-refractivity contribution in [2.24, 2.45) is 5.92 Å². The van der Waals surface area contributed by atoms with E-state index in [2.05, 4.69) is 99.9 Å². The molecule has 1 atom stereocenters. The van der Waals surface area contributed by atoms with Crippen molar-refractivity contribution in [3.63, 3.8) is 0 Å². The van der Waals surface area contributed by atoms with Crippen LogP contribution in [0.2, 0.25) is 5.02 Å². The van der Waals surface area contributed by atoms with Gasteiger partial charge in [-0.25, -0.2) is 0 Å². The van der Waals surface area contributed by atoms with Crippen LogP contribution in [-0.4, -0.2) is 46.1 Å². The maximum atomic E-state index is 9.97. The van der Waals surface area contributed by atoms with Crippen LogP contribution in [0.5, 0.6) is 0 Å². The van der Waals surface area contributed by atoms with Crippen molar-refractivity contribution in [3.8, 4) is 6.07 Å². The van der Waals surface area contributed by atoms with Gasteiger partial charge in [-0.15, -0.1) is 5.53 Å². The minimum Gasteiger partial charge on any atom is -0.383 e. The van der Waals surface area contributed by atoms with Crippen molar-refractivity contribution in [3.05, 3.63) is 76.7 Å². The first-order chi connectivity index (χ1) is 21.3. The zero-order chi connectivity index (χ0) is 30.7. The van der Waals surface area contributed by atoms with Crippen LogP contribution < -0.4 is 21.6 Å². The summed E-state index contributed by atoms with van der Waals surface area (Å²) in [6, 6.07) is 17.1. The molecule has 0 spiro atoms. The molecule has 232 valence electrons. The maximum absolute atomic E-state index is 9.97. The van der Waals surface area contributed by atoms with Gasteiger partial charge in [-0.2, -0.15) is 5.26 Å². The Kier molecular flexibility index (Phi) is 9.18. The number of hydrogen-bond donors (Lipinski definition) is 4. The molecule has 9 heteroatoms. The van der Waals surface area contributed by atoms with E-state index in [1.165, 1.54) is 32.1 Å². The maximum Gasteiger partial charge on any atom is 0.103 e. The Morgan fingerprint density at radius 2 is 1.82 bits per heavy atom. The number of likely N-dealkylation sites (tertiary alicyclic amines) is 1.